The predicted molar refractivity (Wildman–Crippen MR) is 118 cm³/mol. The number of aryl methyl sites for hydroxylation is 1. The number of fused-ring (bicyclic) bond motifs is 2. The third-order valence-corrected chi connectivity index (χ3v) is 5.90. The van der Waals surface area contributed by atoms with Crippen LogP contribution >= 0.6 is 0 Å². The van der Waals surface area contributed by atoms with Crippen LogP contribution < -0.4 is 5.56 Å². The Morgan fingerprint density at radius 3 is 2.84 bits per heavy atom. The number of para-hydroxylation sites is 1. The smallest absolute Gasteiger partial charge is 0.261 e. The Morgan fingerprint density at radius 1 is 1.19 bits per heavy atom. The molecule has 6 nitrogen and oxygen atoms in total. The van der Waals surface area contributed by atoms with Gasteiger partial charge in [0.1, 0.15) is 18.2 Å². The molecule has 31 heavy (non-hydrogen) atoms. The van der Waals surface area contributed by atoms with Gasteiger partial charge in [0.25, 0.3) is 5.56 Å². The standard InChI is InChI=1S/C24H21FN4O2/c1-15-27-22-7-6-17(25)12-19(22)24(31)29(15)14-23(30)28-10-8-16(9-11-28)20-13-26-21-5-3-2-4-18(20)21/h2-8,12-13,26H,9-11,14H2,1H3. The van der Waals surface area contributed by atoms with Crippen molar-refractivity contribution in [3.63, 3.8) is 0 Å². The molecule has 0 fully saturated rings. The number of nitrogens with one attached hydrogen (secondary N) is 1. The van der Waals surface area contributed by atoms with E-state index in [4.69, 9.17) is 0 Å². The first-order chi connectivity index (χ1) is 15.0. The van der Waals surface area contributed by atoms with E-state index in [2.05, 4.69) is 22.1 Å². The van der Waals surface area contributed by atoms with E-state index < -0.39 is 11.4 Å². The van der Waals surface area contributed by atoms with E-state index in [-0.39, 0.29) is 17.8 Å². The number of aromatic amines is 1. The average Bonchev–Trinajstić information content (AvgIpc) is 3.21. The Hall–Kier alpha value is -3.74. The molecule has 0 saturated heterocycles. The van der Waals surface area contributed by atoms with Gasteiger partial charge < -0.3 is 9.88 Å². The minimum atomic E-state index is -0.501. The second kappa shape index (κ2) is 7.50. The number of nitrogens with zero attached hydrogens (tertiary/aromatic N) is 3. The lowest BCUT2D eigenvalue weighted by atomic mass is 9.99. The number of aromatic nitrogens is 3. The second-order valence-corrected chi connectivity index (χ2v) is 7.78. The topological polar surface area (TPSA) is 71.0 Å². The zero-order chi connectivity index (χ0) is 21.5. The zero-order valence-electron chi connectivity index (χ0n) is 17.1. The lowest BCUT2D eigenvalue weighted by molar-refractivity contribution is -0.131. The van der Waals surface area contributed by atoms with E-state index in [0.29, 0.717) is 24.4 Å². The summed E-state index contributed by atoms with van der Waals surface area (Å²) in [6, 6.07) is 12.1. The molecular weight excluding hydrogens is 395 g/mol. The van der Waals surface area contributed by atoms with Gasteiger partial charge in [-0.15, -0.1) is 0 Å². The maximum Gasteiger partial charge on any atom is 0.261 e. The molecule has 4 aromatic rings. The molecule has 0 radical (unpaired) electrons. The van der Waals surface area contributed by atoms with Crippen molar-refractivity contribution in [1.82, 2.24) is 19.4 Å². The molecule has 2 aromatic carbocycles. The fourth-order valence-electron chi connectivity index (χ4n) is 4.20. The summed E-state index contributed by atoms with van der Waals surface area (Å²) in [5.41, 5.74) is 3.49. The van der Waals surface area contributed by atoms with E-state index in [0.717, 1.165) is 17.5 Å². The summed E-state index contributed by atoms with van der Waals surface area (Å²) < 4.78 is 14.9. The molecule has 5 rings (SSSR count). The Balaban J connectivity index is 1.37. The van der Waals surface area contributed by atoms with Crippen LogP contribution in [0.3, 0.4) is 0 Å². The van der Waals surface area contributed by atoms with Crippen LogP contribution in [0.4, 0.5) is 4.39 Å². The summed E-state index contributed by atoms with van der Waals surface area (Å²) in [5, 5.41) is 1.35. The van der Waals surface area contributed by atoms with E-state index in [9.17, 15) is 14.0 Å². The molecule has 0 atom stereocenters. The van der Waals surface area contributed by atoms with E-state index in [1.807, 2.05) is 24.4 Å². The molecule has 0 aliphatic carbocycles. The SMILES string of the molecule is Cc1nc2ccc(F)cc2c(=O)n1CC(=O)N1CC=C(c2c[nH]c3ccccc23)CC1. The van der Waals surface area contributed by atoms with E-state index in [1.54, 1.807) is 11.8 Å². The van der Waals surface area contributed by atoms with Crippen molar-refractivity contribution < 1.29 is 9.18 Å². The quantitative estimate of drug-likeness (QED) is 0.554. The maximum atomic E-state index is 13.6. The van der Waals surface area contributed by atoms with Gasteiger partial charge in [0.2, 0.25) is 5.91 Å². The second-order valence-electron chi connectivity index (χ2n) is 7.78. The summed E-state index contributed by atoms with van der Waals surface area (Å²) in [7, 11) is 0. The fourth-order valence-corrected chi connectivity index (χ4v) is 4.20. The Morgan fingerprint density at radius 2 is 2.03 bits per heavy atom. The van der Waals surface area contributed by atoms with E-state index in [1.165, 1.54) is 33.7 Å². The highest BCUT2D eigenvalue weighted by molar-refractivity contribution is 5.93. The molecule has 0 spiro atoms. The van der Waals surface area contributed by atoms with Gasteiger partial charge in [0, 0.05) is 35.8 Å². The minimum absolute atomic E-state index is 0.111. The first-order valence-corrected chi connectivity index (χ1v) is 10.2. The first kappa shape index (κ1) is 19.2. The summed E-state index contributed by atoms with van der Waals surface area (Å²) in [5.74, 6) is -0.222. The average molecular weight is 416 g/mol. The van der Waals surface area contributed by atoms with Crippen LogP contribution in [0.2, 0.25) is 0 Å². The third kappa shape index (κ3) is 3.42. The Bertz CT molecular complexity index is 1420. The molecule has 1 N–H and O–H groups in total. The first-order valence-electron chi connectivity index (χ1n) is 10.2. The normalized spacial score (nSPS) is 14.3. The number of hydrogen-bond acceptors (Lipinski definition) is 3. The molecule has 3 heterocycles. The number of hydrogen-bond donors (Lipinski definition) is 1. The summed E-state index contributed by atoms with van der Waals surface area (Å²) in [4.78, 5) is 35.1. The lowest BCUT2D eigenvalue weighted by Gasteiger charge is -2.27. The molecule has 0 unspecified atom stereocenters. The van der Waals surface area contributed by atoms with E-state index >= 15 is 0 Å². The van der Waals surface area contributed by atoms with Crippen molar-refractivity contribution in [2.24, 2.45) is 0 Å². The summed E-state index contributed by atoms with van der Waals surface area (Å²) >= 11 is 0. The molecule has 1 aliphatic heterocycles. The zero-order valence-corrected chi connectivity index (χ0v) is 17.1. The number of H-pyrrole nitrogens is 1. The Labute approximate surface area is 177 Å². The molecule has 156 valence electrons. The van der Waals surface area contributed by atoms with Gasteiger partial charge in [0.15, 0.2) is 0 Å². The number of carbonyl (C=O) groups is 1. The van der Waals surface area contributed by atoms with Crippen LogP contribution in [0.1, 0.15) is 17.8 Å². The lowest BCUT2D eigenvalue weighted by Crippen LogP contribution is -2.39. The van der Waals surface area contributed by atoms with Crippen LogP contribution in [0.15, 0.2) is 59.5 Å². The van der Waals surface area contributed by atoms with Crippen molar-refractivity contribution in [3.05, 3.63) is 82.3 Å². The van der Waals surface area contributed by atoms with Crippen molar-refractivity contribution in [3.8, 4) is 0 Å². The number of halogens is 1. The van der Waals surface area contributed by atoms with Gasteiger partial charge in [-0.05, 0) is 43.2 Å². The maximum absolute atomic E-state index is 13.6. The molecule has 1 aliphatic rings. The number of amides is 1. The minimum Gasteiger partial charge on any atom is -0.361 e. The van der Waals surface area contributed by atoms with Gasteiger partial charge in [-0.3, -0.25) is 14.2 Å². The van der Waals surface area contributed by atoms with Crippen molar-refractivity contribution in [1.29, 1.82) is 0 Å². The van der Waals surface area contributed by atoms with Gasteiger partial charge in [-0.2, -0.15) is 0 Å². The highest BCUT2D eigenvalue weighted by atomic mass is 19.1. The molecule has 0 bridgehead atoms. The fraction of sp³-hybridized carbons (Fsp3) is 0.208. The van der Waals surface area contributed by atoms with Crippen LogP contribution in [-0.4, -0.2) is 38.4 Å². The largest absolute Gasteiger partial charge is 0.361 e. The van der Waals surface area contributed by atoms with Gasteiger partial charge in [0.05, 0.1) is 10.9 Å². The van der Waals surface area contributed by atoms with Gasteiger partial charge in [-0.25, -0.2) is 9.37 Å². The summed E-state index contributed by atoms with van der Waals surface area (Å²) in [6.07, 6.45) is 4.82. The van der Waals surface area contributed by atoms with Gasteiger partial charge >= 0.3 is 0 Å². The highest BCUT2D eigenvalue weighted by Crippen LogP contribution is 2.29. The molecule has 0 saturated carbocycles. The van der Waals surface area contributed by atoms with Crippen LogP contribution in [0, 0.1) is 12.7 Å². The van der Waals surface area contributed by atoms with Crippen LogP contribution in [0.25, 0.3) is 27.4 Å². The molecular formula is C24H21FN4O2. The number of benzene rings is 2. The predicted octanol–water partition coefficient (Wildman–Crippen LogP) is 3.64. The highest BCUT2D eigenvalue weighted by Gasteiger charge is 2.21. The van der Waals surface area contributed by atoms with Crippen molar-refractivity contribution >= 4 is 33.3 Å². The molecule has 7 heteroatoms. The van der Waals surface area contributed by atoms with Gasteiger partial charge in [-0.1, -0.05) is 24.3 Å². The van der Waals surface area contributed by atoms with Crippen molar-refractivity contribution in [2.45, 2.75) is 19.9 Å². The van der Waals surface area contributed by atoms with Crippen LogP contribution in [-0.2, 0) is 11.3 Å². The monoisotopic (exact) mass is 416 g/mol. The summed E-state index contributed by atoms with van der Waals surface area (Å²) in [6.45, 7) is 2.63. The Kier molecular flexibility index (Phi) is 4.66. The molecule has 1 amide bonds. The number of rotatable bonds is 3. The van der Waals surface area contributed by atoms with Crippen LogP contribution in [0.5, 0.6) is 0 Å². The number of carbonyl (C=O) groups excluding carboxylic acids is 1. The van der Waals surface area contributed by atoms with Crippen molar-refractivity contribution in [2.75, 3.05) is 13.1 Å². The molecule has 2 aromatic heterocycles. The third-order valence-electron chi connectivity index (χ3n) is 5.90.